The van der Waals surface area contributed by atoms with Crippen molar-refractivity contribution in [3.8, 4) is 34.1 Å². The molecule has 25 heavy (non-hydrogen) atoms. The first kappa shape index (κ1) is 16.9. The molecule has 0 atom stereocenters. The molecule has 1 N–H and O–H groups in total. The van der Waals surface area contributed by atoms with E-state index in [-0.39, 0.29) is 17.0 Å². The number of benzene rings is 2. The molecule has 130 valence electrons. The van der Waals surface area contributed by atoms with Crippen LogP contribution < -0.4 is 9.47 Å². The van der Waals surface area contributed by atoms with Gasteiger partial charge < -0.3 is 19.1 Å². The average Bonchev–Trinajstić information content (AvgIpc) is 3.04. The van der Waals surface area contributed by atoms with Crippen LogP contribution in [-0.4, -0.2) is 24.5 Å². The second-order valence-electron chi connectivity index (χ2n) is 5.22. The van der Waals surface area contributed by atoms with E-state index in [4.69, 9.17) is 14.0 Å². The van der Waals surface area contributed by atoms with Crippen LogP contribution in [0.3, 0.4) is 0 Å². The maximum Gasteiger partial charge on any atom is 0.176 e. The maximum absolute atomic E-state index is 13.5. The molecule has 1 aromatic heterocycles. The van der Waals surface area contributed by atoms with Gasteiger partial charge in [-0.1, -0.05) is 5.16 Å². The Hall–Kier alpha value is -2.93. The molecule has 0 saturated heterocycles. The lowest BCUT2D eigenvalue weighted by Crippen LogP contribution is -1.94. The molecular weight excluding hydrogens is 332 g/mol. The topological polar surface area (TPSA) is 64.7 Å². The van der Waals surface area contributed by atoms with Gasteiger partial charge in [-0.3, -0.25) is 0 Å². The van der Waals surface area contributed by atoms with Crippen LogP contribution >= 0.6 is 0 Å². The van der Waals surface area contributed by atoms with Gasteiger partial charge in [-0.05, 0) is 24.3 Å². The van der Waals surface area contributed by atoms with E-state index >= 15 is 0 Å². The number of rotatable bonds is 5. The number of hydrogen-bond donors (Lipinski definition) is 1. The van der Waals surface area contributed by atoms with Gasteiger partial charge in [0.1, 0.15) is 28.8 Å². The largest absolute Gasteiger partial charge is 0.497 e. The first-order valence-electron chi connectivity index (χ1n) is 7.35. The summed E-state index contributed by atoms with van der Waals surface area (Å²) in [5, 5.41) is 13.6. The van der Waals surface area contributed by atoms with E-state index in [1.54, 1.807) is 18.2 Å². The van der Waals surface area contributed by atoms with E-state index in [1.165, 1.54) is 14.2 Å². The summed E-state index contributed by atoms with van der Waals surface area (Å²) in [5.74, 6) is -0.210. The van der Waals surface area contributed by atoms with Crippen LogP contribution in [0.15, 0.2) is 40.9 Å². The molecule has 0 aliphatic heterocycles. The van der Waals surface area contributed by atoms with Crippen LogP contribution in [0, 0.1) is 11.6 Å². The van der Waals surface area contributed by atoms with Crippen molar-refractivity contribution in [3.63, 3.8) is 0 Å². The van der Waals surface area contributed by atoms with Gasteiger partial charge in [0.2, 0.25) is 0 Å². The lowest BCUT2D eigenvalue weighted by molar-refractivity contribution is 0.281. The highest BCUT2D eigenvalue weighted by Gasteiger charge is 2.22. The second-order valence-corrected chi connectivity index (χ2v) is 5.22. The SMILES string of the molecule is COc1ccc(-c2onc(-c3cc(F)cc(F)c3)c2CO)c(OC)c1. The third kappa shape index (κ3) is 3.18. The zero-order valence-electron chi connectivity index (χ0n) is 13.5. The number of methoxy groups -OCH3 is 2. The summed E-state index contributed by atoms with van der Waals surface area (Å²) in [6, 6.07) is 8.04. The Bertz CT molecular complexity index is 888. The molecule has 2 aromatic carbocycles. The number of aliphatic hydroxyl groups excluding tert-OH is 1. The Kier molecular flexibility index (Phi) is 4.67. The highest BCUT2D eigenvalue weighted by molar-refractivity contribution is 5.76. The molecule has 0 fully saturated rings. The van der Waals surface area contributed by atoms with Crippen molar-refractivity contribution < 1.29 is 27.9 Å². The van der Waals surface area contributed by atoms with Gasteiger partial charge in [-0.15, -0.1) is 0 Å². The molecule has 3 aromatic rings. The molecule has 3 rings (SSSR count). The molecule has 0 unspecified atom stereocenters. The van der Waals surface area contributed by atoms with Crippen LogP contribution in [-0.2, 0) is 6.61 Å². The number of ether oxygens (including phenoxy) is 2. The average molecular weight is 347 g/mol. The molecule has 0 amide bonds. The Morgan fingerprint density at radius 3 is 2.36 bits per heavy atom. The number of aromatic nitrogens is 1. The summed E-state index contributed by atoms with van der Waals surface area (Å²) in [6.07, 6.45) is 0. The fraction of sp³-hybridized carbons (Fsp3) is 0.167. The fourth-order valence-electron chi connectivity index (χ4n) is 2.57. The zero-order valence-corrected chi connectivity index (χ0v) is 13.5. The van der Waals surface area contributed by atoms with Crippen molar-refractivity contribution >= 4 is 0 Å². The zero-order chi connectivity index (χ0) is 18.0. The molecule has 1 heterocycles. The first-order valence-corrected chi connectivity index (χ1v) is 7.35. The van der Waals surface area contributed by atoms with Crippen molar-refractivity contribution in [2.75, 3.05) is 14.2 Å². The van der Waals surface area contributed by atoms with Crippen LogP contribution in [0.25, 0.3) is 22.6 Å². The normalized spacial score (nSPS) is 10.8. The van der Waals surface area contributed by atoms with Crippen LogP contribution in [0.4, 0.5) is 8.78 Å². The lowest BCUT2D eigenvalue weighted by atomic mass is 10.0. The monoisotopic (exact) mass is 347 g/mol. The van der Waals surface area contributed by atoms with E-state index in [2.05, 4.69) is 5.16 Å². The van der Waals surface area contributed by atoms with Crippen LogP contribution in [0.1, 0.15) is 5.56 Å². The van der Waals surface area contributed by atoms with Crippen molar-refractivity contribution in [2.24, 2.45) is 0 Å². The van der Waals surface area contributed by atoms with Crippen molar-refractivity contribution in [1.29, 1.82) is 0 Å². The second kappa shape index (κ2) is 6.90. The molecule has 0 bridgehead atoms. The molecule has 0 aliphatic carbocycles. The summed E-state index contributed by atoms with van der Waals surface area (Å²) in [5.41, 5.74) is 1.16. The Labute approximate surface area is 142 Å². The molecule has 0 radical (unpaired) electrons. The number of hydrogen-bond acceptors (Lipinski definition) is 5. The predicted octanol–water partition coefficient (Wildman–Crippen LogP) is 3.80. The summed E-state index contributed by atoms with van der Waals surface area (Å²) >= 11 is 0. The summed E-state index contributed by atoms with van der Waals surface area (Å²) in [7, 11) is 3.01. The molecule has 0 spiro atoms. The molecular formula is C18H15F2NO4. The number of halogens is 2. The standard InChI is InChI=1S/C18H15F2NO4/c1-23-13-3-4-14(16(8-13)24-2)18-15(9-22)17(21-25-18)10-5-11(19)7-12(20)6-10/h3-8,22H,9H2,1-2H3. The Morgan fingerprint density at radius 2 is 1.76 bits per heavy atom. The quantitative estimate of drug-likeness (QED) is 0.761. The highest BCUT2D eigenvalue weighted by Crippen LogP contribution is 2.38. The van der Waals surface area contributed by atoms with E-state index in [1.807, 2.05) is 0 Å². The number of nitrogens with zero attached hydrogens (tertiary/aromatic N) is 1. The van der Waals surface area contributed by atoms with Gasteiger partial charge in [0.25, 0.3) is 0 Å². The van der Waals surface area contributed by atoms with Crippen LogP contribution in [0.2, 0.25) is 0 Å². The minimum absolute atomic E-state index is 0.161. The van der Waals surface area contributed by atoms with Gasteiger partial charge in [0, 0.05) is 17.7 Å². The summed E-state index contributed by atoms with van der Waals surface area (Å²) in [6.45, 7) is -0.429. The molecule has 5 nitrogen and oxygen atoms in total. The van der Waals surface area contributed by atoms with E-state index in [9.17, 15) is 13.9 Å². The minimum atomic E-state index is -0.745. The fourth-order valence-corrected chi connectivity index (χ4v) is 2.57. The van der Waals surface area contributed by atoms with Gasteiger partial charge in [0.05, 0.1) is 32.0 Å². The smallest absolute Gasteiger partial charge is 0.176 e. The predicted molar refractivity (Wildman–Crippen MR) is 86.3 cm³/mol. The van der Waals surface area contributed by atoms with Gasteiger partial charge in [-0.25, -0.2) is 8.78 Å². The van der Waals surface area contributed by atoms with Crippen molar-refractivity contribution in [2.45, 2.75) is 6.61 Å². The summed E-state index contributed by atoms with van der Waals surface area (Å²) in [4.78, 5) is 0. The molecule has 0 saturated carbocycles. The van der Waals surface area contributed by atoms with Gasteiger partial charge in [0.15, 0.2) is 5.76 Å². The Balaban J connectivity index is 2.15. The van der Waals surface area contributed by atoms with Gasteiger partial charge in [-0.2, -0.15) is 0 Å². The molecule has 0 aliphatic rings. The highest BCUT2D eigenvalue weighted by atomic mass is 19.1. The van der Waals surface area contributed by atoms with Crippen molar-refractivity contribution in [3.05, 3.63) is 53.6 Å². The van der Waals surface area contributed by atoms with E-state index < -0.39 is 18.2 Å². The Morgan fingerprint density at radius 1 is 1.04 bits per heavy atom. The van der Waals surface area contributed by atoms with Crippen molar-refractivity contribution in [1.82, 2.24) is 5.16 Å². The minimum Gasteiger partial charge on any atom is -0.497 e. The first-order chi connectivity index (χ1) is 12.1. The summed E-state index contributed by atoms with van der Waals surface area (Å²) < 4.78 is 42.8. The third-order valence-corrected chi connectivity index (χ3v) is 3.74. The number of aliphatic hydroxyl groups is 1. The third-order valence-electron chi connectivity index (χ3n) is 3.74. The van der Waals surface area contributed by atoms with Gasteiger partial charge >= 0.3 is 0 Å². The van der Waals surface area contributed by atoms with E-state index in [0.29, 0.717) is 22.6 Å². The maximum atomic E-state index is 13.5. The van der Waals surface area contributed by atoms with Crippen LogP contribution in [0.5, 0.6) is 11.5 Å². The van der Waals surface area contributed by atoms with E-state index in [0.717, 1.165) is 18.2 Å². The molecule has 7 heteroatoms. The lowest BCUT2D eigenvalue weighted by Gasteiger charge is -2.09.